The molecular formula is C38H48N2O8. The minimum absolute atomic E-state index is 0.0757. The molecule has 2 aromatic carbocycles. The molecule has 1 fully saturated rings. The topological polar surface area (TPSA) is 113 Å². The number of amides is 2. The zero-order valence-electron chi connectivity index (χ0n) is 28.5. The molecule has 1 saturated heterocycles. The third-order valence-corrected chi connectivity index (χ3v) is 9.70. The van der Waals surface area contributed by atoms with Gasteiger partial charge in [0.1, 0.15) is 11.5 Å². The number of ether oxygens (including phenoxy) is 5. The van der Waals surface area contributed by atoms with Gasteiger partial charge in [-0.05, 0) is 74.8 Å². The van der Waals surface area contributed by atoms with Crippen LogP contribution in [-0.2, 0) is 41.7 Å². The highest BCUT2D eigenvalue weighted by Gasteiger charge is 2.59. The van der Waals surface area contributed by atoms with Gasteiger partial charge in [0.05, 0.1) is 40.6 Å². The lowest BCUT2D eigenvalue weighted by Crippen LogP contribution is -2.60. The Hall–Kier alpha value is -4.15. The largest absolute Gasteiger partial charge is 0.493 e. The molecule has 0 saturated carbocycles. The first-order valence-corrected chi connectivity index (χ1v) is 16.8. The van der Waals surface area contributed by atoms with E-state index in [4.69, 9.17) is 23.7 Å². The highest BCUT2D eigenvalue weighted by atomic mass is 16.6. The second-order valence-corrected chi connectivity index (χ2v) is 12.8. The molecule has 3 aliphatic rings. The lowest BCUT2D eigenvalue weighted by molar-refractivity contribution is -0.178. The molecule has 0 unspecified atom stereocenters. The fraction of sp³-hybridized carbons (Fsp3) is 0.500. The smallest absolute Gasteiger partial charge is 0.320 e. The monoisotopic (exact) mass is 660 g/mol. The molecule has 2 aliphatic heterocycles. The molecule has 1 N–H and O–H groups in total. The van der Waals surface area contributed by atoms with Gasteiger partial charge >= 0.3 is 5.97 Å². The molecule has 1 aliphatic carbocycles. The van der Waals surface area contributed by atoms with E-state index < -0.39 is 29.5 Å². The van der Waals surface area contributed by atoms with Gasteiger partial charge in [0.25, 0.3) is 0 Å². The van der Waals surface area contributed by atoms with Crippen LogP contribution >= 0.6 is 0 Å². The van der Waals surface area contributed by atoms with Gasteiger partial charge in [-0.3, -0.25) is 14.4 Å². The van der Waals surface area contributed by atoms with Crippen molar-refractivity contribution in [2.24, 2.45) is 11.3 Å². The molecule has 0 radical (unpaired) electrons. The number of carbonyl (C=O) groups is 3. The summed E-state index contributed by atoms with van der Waals surface area (Å²) in [6, 6.07) is 15.3. The minimum Gasteiger partial charge on any atom is -0.493 e. The summed E-state index contributed by atoms with van der Waals surface area (Å²) in [5.74, 6) is -0.530. The van der Waals surface area contributed by atoms with Gasteiger partial charge in [-0.25, -0.2) is 0 Å². The number of fused-ring (bicyclic) bond motifs is 1. The highest BCUT2D eigenvalue weighted by Crippen LogP contribution is 2.50. The number of nitrogens with zero attached hydrogens (tertiary/aromatic N) is 1. The van der Waals surface area contributed by atoms with E-state index in [2.05, 4.69) is 11.4 Å². The number of hydrogen-bond acceptors (Lipinski definition) is 8. The van der Waals surface area contributed by atoms with Crippen LogP contribution in [0.1, 0.15) is 63.0 Å². The minimum atomic E-state index is -1.26. The Labute approximate surface area is 283 Å². The van der Waals surface area contributed by atoms with Gasteiger partial charge in [0.2, 0.25) is 11.8 Å². The summed E-state index contributed by atoms with van der Waals surface area (Å²) in [5.41, 5.74) is 2.51. The third kappa shape index (κ3) is 7.93. The number of benzene rings is 2. The number of carbonyl (C=O) groups excluding carboxylic acids is 3. The Morgan fingerprint density at radius 3 is 2.52 bits per heavy atom. The van der Waals surface area contributed by atoms with Crippen molar-refractivity contribution in [2.75, 3.05) is 34.5 Å². The fourth-order valence-corrected chi connectivity index (χ4v) is 7.12. The first-order chi connectivity index (χ1) is 23.3. The summed E-state index contributed by atoms with van der Waals surface area (Å²) < 4.78 is 28.6. The molecule has 48 heavy (non-hydrogen) atoms. The molecule has 10 heteroatoms. The van der Waals surface area contributed by atoms with Crippen molar-refractivity contribution in [3.63, 3.8) is 0 Å². The van der Waals surface area contributed by atoms with E-state index in [1.54, 1.807) is 31.3 Å². The Bertz CT molecular complexity index is 1510. The number of likely N-dealkylation sites (tertiary alicyclic amines) is 1. The highest BCUT2D eigenvalue weighted by molar-refractivity contribution is 5.92. The van der Waals surface area contributed by atoms with Crippen molar-refractivity contribution in [3.8, 4) is 11.5 Å². The van der Waals surface area contributed by atoms with Crippen molar-refractivity contribution in [1.29, 1.82) is 0 Å². The third-order valence-electron chi connectivity index (χ3n) is 9.70. The quantitative estimate of drug-likeness (QED) is 0.209. The summed E-state index contributed by atoms with van der Waals surface area (Å²) in [7, 11) is 4.48. The zero-order valence-corrected chi connectivity index (χ0v) is 28.5. The molecule has 2 heterocycles. The lowest BCUT2D eigenvalue weighted by atomic mass is 9.66. The molecule has 4 atom stereocenters. The van der Waals surface area contributed by atoms with Crippen LogP contribution in [-0.4, -0.2) is 69.4 Å². The number of piperidine rings is 1. The zero-order chi connectivity index (χ0) is 34.1. The van der Waals surface area contributed by atoms with Gasteiger partial charge in [-0.15, -0.1) is 0 Å². The standard InChI is InChI=1S/C38H48N2O8/c1-26-38(37(43)46-4)22-30(20-35(41)39-23-29-15-16-32(44-2)33(19-29)45-3)36(42)40(18-17-27-11-7-5-8-12-27)34(38)21-31(48-26)25-47-24-28-13-9-6-10-14-28/h6,9-11,13-16,19,21,26,30-31H,5,7-8,12,17-18,20,22-25H2,1-4H3,(H,39,41)/t26-,30+,31-,38+/m1/s1. The Balaban J connectivity index is 1.38. The van der Waals surface area contributed by atoms with Gasteiger partial charge in [-0.1, -0.05) is 48.0 Å². The molecule has 5 rings (SSSR count). The molecule has 10 nitrogen and oxygen atoms in total. The summed E-state index contributed by atoms with van der Waals surface area (Å²) >= 11 is 0. The fourth-order valence-electron chi connectivity index (χ4n) is 7.12. The van der Waals surface area contributed by atoms with Crippen LogP contribution in [0.2, 0.25) is 0 Å². The molecule has 2 aromatic rings. The molecule has 0 bridgehead atoms. The van der Waals surface area contributed by atoms with E-state index in [1.165, 1.54) is 19.1 Å². The van der Waals surface area contributed by atoms with Crippen molar-refractivity contribution in [3.05, 3.63) is 83.1 Å². The summed E-state index contributed by atoms with van der Waals surface area (Å²) in [4.78, 5) is 43.2. The first kappa shape index (κ1) is 35.2. The number of esters is 1. The van der Waals surface area contributed by atoms with Crippen molar-refractivity contribution >= 4 is 17.8 Å². The predicted octanol–water partition coefficient (Wildman–Crippen LogP) is 5.50. The van der Waals surface area contributed by atoms with E-state index in [0.717, 1.165) is 30.4 Å². The Morgan fingerprint density at radius 2 is 1.81 bits per heavy atom. The van der Waals surface area contributed by atoms with Crippen molar-refractivity contribution < 1.29 is 38.1 Å². The van der Waals surface area contributed by atoms with Gasteiger partial charge < -0.3 is 33.9 Å². The summed E-state index contributed by atoms with van der Waals surface area (Å²) in [5, 5.41) is 2.94. The number of hydrogen-bond donors (Lipinski definition) is 1. The molecule has 258 valence electrons. The van der Waals surface area contributed by atoms with Crippen LogP contribution in [0.25, 0.3) is 0 Å². The van der Waals surface area contributed by atoms with Crippen LogP contribution in [0.3, 0.4) is 0 Å². The SMILES string of the molecule is COC(=O)[C@]12C[C@H](CC(=O)NCc3ccc(OC)c(OC)c3)C(=O)N(CCC3=CCCCC3)C1=C[C@H](COCc1ccccc1)O[C@@H]2C. The Kier molecular flexibility index (Phi) is 11.9. The average molecular weight is 661 g/mol. The predicted molar refractivity (Wildman–Crippen MR) is 180 cm³/mol. The summed E-state index contributed by atoms with van der Waals surface area (Å²) in [6.07, 6.45) is 8.09. The molecule has 0 aromatic heterocycles. The second kappa shape index (κ2) is 16.3. The van der Waals surface area contributed by atoms with E-state index >= 15 is 0 Å². The second-order valence-electron chi connectivity index (χ2n) is 12.8. The van der Waals surface area contributed by atoms with Crippen molar-refractivity contribution in [1.82, 2.24) is 10.2 Å². The molecular weight excluding hydrogens is 612 g/mol. The van der Waals surface area contributed by atoms with Crippen molar-refractivity contribution in [2.45, 2.75) is 77.2 Å². The number of allylic oxidation sites excluding steroid dienone is 1. The van der Waals surface area contributed by atoms with E-state index in [9.17, 15) is 14.4 Å². The maximum absolute atomic E-state index is 14.3. The first-order valence-electron chi connectivity index (χ1n) is 16.8. The summed E-state index contributed by atoms with van der Waals surface area (Å²) in [6.45, 7) is 3.17. The van der Waals surface area contributed by atoms with Crippen LogP contribution in [0.5, 0.6) is 11.5 Å². The molecule has 0 spiro atoms. The average Bonchev–Trinajstić information content (AvgIpc) is 3.11. The van der Waals surface area contributed by atoms with Gasteiger partial charge in [-0.2, -0.15) is 0 Å². The van der Waals surface area contributed by atoms with Crippen LogP contribution in [0.15, 0.2) is 72.0 Å². The van der Waals surface area contributed by atoms with Gasteiger partial charge in [0, 0.05) is 31.1 Å². The number of methoxy groups -OCH3 is 3. The van der Waals surface area contributed by atoms with Crippen LogP contribution in [0.4, 0.5) is 0 Å². The lowest BCUT2D eigenvalue weighted by Gasteiger charge is -2.51. The van der Waals surface area contributed by atoms with Crippen LogP contribution in [0, 0.1) is 11.3 Å². The molecule has 2 amide bonds. The van der Waals surface area contributed by atoms with Crippen LogP contribution < -0.4 is 14.8 Å². The van der Waals surface area contributed by atoms with E-state index in [-0.39, 0.29) is 37.8 Å². The van der Waals surface area contributed by atoms with E-state index in [0.29, 0.717) is 36.8 Å². The normalized spacial score (nSPS) is 23.8. The maximum atomic E-state index is 14.3. The number of rotatable bonds is 14. The van der Waals surface area contributed by atoms with E-state index in [1.807, 2.05) is 49.4 Å². The maximum Gasteiger partial charge on any atom is 0.320 e. The Morgan fingerprint density at radius 1 is 1.02 bits per heavy atom. The van der Waals surface area contributed by atoms with Gasteiger partial charge in [0.15, 0.2) is 11.5 Å². The number of nitrogens with one attached hydrogen (secondary N) is 1.